The Morgan fingerprint density at radius 1 is 1.08 bits per heavy atom. The third-order valence-corrected chi connectivity index (χ3v) is 8.33. The Labute approximate surface area is 231 Å². The minimum atomic E-state index is -3.97. The average Bonchev–Trinajstić information content (AvgIpc) is 3.32. The normalized spacial score (nSPS) is 14.9. The van der Waals surface area contributed by atoms with Crippen molar-refractivity contribution in [3.63, 3.8) is 0 Å². The molecule has 0 aliphatic heterocycles. The molecule has 37 heavy (non-hydrogen) atoms. The molecule has 1 aliphatic rings. The van der Waals surface area contributed by atoms with E-state index in [0.717, 1.165) is 48.4 Å². The Morgan fingerprint density at radius 3 is 2.32 bits per heavy atom. The smallest absolute Gasteiger partial charge is 0.244 e. The summed E-state index contributed by atoms with van der Waals surface area (Å²) in [5.74, 6) is -1.67. The van der Waals surface area contributed by atoms with Crippen molar-refractivity contribution >= 4 is 62.3 Å². The van der Waals surface area contributed by atoms with Gasteiger partial charge in [0.1, 0.15) is 18.4 Å². The third-order valence-electron chi connectivity index (χ3n) is 6.31. The molecule has 1 saturated carbocycles. The van der Waals surface area contributed by atoms with Crippen LogP contribution in [0.1, 0.15) is 44.6 Å². The van der Waals surface area contributed by atoms with Crippen LogP contribution in [0.3, 0.4) is 0 Å². The van der Waals surface area contributed by atoms with Crippen LogP contribution in [0.5, 0.6) is 0 Å². The Morgan fingerprint density at radius 2 is 1.76 bits per heavy atom. The van der Waals surface area contributed by atoms with Gasteiger partial charge in [-0.1, -0.05) is 60.6 Å². The second kappa shape index (κ2) is 12.7. The molecular weight excluding hydrogens is 564 g/mol. The molecule has 2 aromatic carbocycles. The molecule has 3 rings (SSSR count). The lowest BCUT2D eigenvalue weighted by atomic mass is 10.1. The van der Waals surface area contributed by atoms with Gasteiger partial charge in [-0.2, -0.15) is 0 Å². The maximum absolute atomic E-state index is 13.7. The van der Waals surface area contributed by atoms with E-state index in [1.165, 1.54) is 17.0 Å². The molecule has 0 saturated heterocycles. The monoisotopic (exact) mass is 591 g/mol. The molecule has 1 N–H and O–H groups in total. The van der Waals surface area contributed by atoms with Crippen molar-refractivity contribution in [3.8, 4) is 0 Å². The first-order valence-corrected chi connectivity index (χ1v) is 14.9. The summed E-state index contributed by atoms with van der Waals surface area (Å²) in [7, 11) is -3.97. The number of rotatable bonds is 10. The van der Waals surface area contributed by atoms with Crippen molar-refractivity contribution in [2.45, 2.75) is 57.7 Å². The van der Waals surface area contributed by atoms with E-state index in [1.807, 2.05) is 0 Å². The molecule has 2 aromatic rings. The van der Waals surface area contributed by atoms with Crippen molar-refractivity contribution in [2.24, 2.45) is 0 Å². The van der Waals surface area contributed by atoms with Gasteiger partial charge in [-0.25, -0.2) is 12.8 Å². The van der Waals surface area contributed by atoms with Crippen molar-refractivity contribution < 1.29 is 22.4 Å². The van der Waals surface area contributed by atoms with Crippen LogP contribution in [0.25, 0.3) is 0 Å². The number of benzene rings is 2. The first-order valence-electron chi connectivity index (χ1n) is 11.9. The summed E-state index contributed by atoms with van der Waals surface area (Å²) in [6.45, 7) is 1.10. The fraction of sp³-hybridized carbons (Fsp3) is 0.440. The molecule has 0 spiro atoms. The number of halogens is 4. The van der Waals surface area contributed by atoms with Crippen molar-refractivity contribution in [1.29, 1.82) is 0 Å². The summed E-state index contributed by atoms with van der Waals surface area (Å²) in [4.78, 5) is 28.3. The van der Waals surface area contributed by atoms with Crippen molar-refractivity contribution in [3.05, 3.63) is 62.8 Å². The van der Waals surface area contributed by atoms with Crippen LogP contribution in [-0.4, -0.2) is 50.0 Å². The lowest BCUT2D eigenvalue weighted by Crippen LogP contribution is -2.53. The number of nitrogens with zero attached hydrogens (tertiary/aromatic N) is 2. The predicted molar refractivity (Wildman–Crippen MR) is 145 cm³/mol. The van der Waals surface area contributed by atoms with E-state index in [4.69, 9.17) is 34.8 Å². The number of carbonyl (C=O) groups excluding carboxylic acids is 2. The molecule has 2 amide bonds. The molecule has 1 unspecified atom stereocenters. The highest BCUT2D eigenvalue weighted by Gasteiger charge is 2.33. The standard InChI is InChI=1S/C25H29Cl3FN3O4S/c1-3-23(25(34)30-18-6-4-5-7-18)31(14-16-8-9-17(26)12-20(16)27)24(33)15-32(37(2,35)36)19-10-11-22(29)21(28)13-19/h8-13,18,23H,3-7,14-15H2,1-2H3,(H,30,34). The van der Waals surface area contributed by atoms with Gasteiger partial charge in [-0.05, 0) is 55.2 Å². The topological polar surface area (TPSA) is 86.8 Å². The Balaban J connectivity index is 1.96. The Hall–Kier alpha value is -2.07. The van der Waals surface area contributed by atoms with Gasteiger partial charge in [0.2, 0.25) is 21.8 Å². The van der Waals surface area contributed by atoms with Crippen LogP contribution >= 0.6 is 34.8 Å². The fourth-order valence-corrected chi connectivity index (χ4v) is 5.86. The summed E-state index contributed by atoms with van der Waals surface area (Å²) in [5, 5.41) is 3.46. The van der Waals surface area contributed by atoms with E-state index >= 15 is 0 Å². The zero-order valence-electron chi connectivity index (χ0n) is 20.5. The fourth-order valence-electron chi connectivity index (χ4n) is 4.37. The SMILES string of the molecule is CCC(C(=O)NC1CCCC1)N(Cc1ccc(Cl)cc1Cl)C(=O)CN(c1ccc(F)c(Cl)c1)S(C)(=O)=O. The molecule has 12 heteroatoms. The number of hydrogen-bond acceptors (Lipinski definition) is 4. The Bertz CT molecular complexity index is 1260. The van der Waals surface area contributed by atoms with Gasteiger partial charge < -0.3 is 10.2 Å². The summed E-state index contributed by atoms with van der Waals surface area (Å²) >= 11 is 18.3. The number of carbonyl (C=O) groups is 2. The first-order chi connectivity index (χ1) is 17.4. The van der Waals surface area contributed by atoms with Crippen LogP contribution in [-0.2, 0) is 26.2 Å². The van der Waals surface area contributed by atoms with Gasteiger partial charge in [0, 0.05) is 22.6 Å². The molecule has 1 fully saturated rings. The lowest BCUT2D eigenvalue weighted by molar-refractivity contribution is -0.140. The second-order valence-corrected chi connectivity index (χ2v) is 12.2. The second-order valence-electron chi connectivity index (χ2n) is 9.04. The minimum Gasteiger partial charge on any atom is -0.352 e. The Kier molecular flexibility index (Phi) is 10.1. The third kappa shape index (κ3) is 7.72. The van der Waals surface area contributed by atoms with Gasteiger partial charge in [-0.3, -0.25) is 13.9 Å². The highest BCUT2D eigenvalue weighted by molar-refractivity contribution is 7.92. The van der Waals surface area contributed by atoms with E-state index in [1.54, 1.807) is 19.1 Å². The van der Waals surface area contributed by atoms with Gasteiger partial charge in [0.15, 0.2) is 0 Å². The van der Waals surface area contributed by atoms with E-state index in [-0.39, 0.29) is 35.6 Å². The minimum absolute atomic E-state index is 0.0233. The van der Waals surface area contributed by atoms with Gasteiger partial charge >= 0.3 is 0 Å². The first kappa shape index (κ1) is 29.5. The van der Waals surface area contributed by atoms with E-state index in [0.29, 0.717) is 15.6 Å². The number of nitrogens with one attached hydrogen (secondary N) is 1. The van der Waals surface area contributed by atoms with E-state index < -0.39 is 34.3 Å². The van der Waals surface area contributed by atoms with Crippen LogP contribution in [0.4, 0.5) is 10.1 Å². The molecule has 1 aliphatic carbocycles. The predicted octanol–water partition coefficient (Wildman–Crippen LogP) is 5.42. The number of sulfonamides is 1. The highest BCUT2D eigenvalue weighted by Crippen LogP contribution is 2.27. The van der Waals surface area contributed by atoms with E-state index in [9.17, 15) is 22.4 Å². The summed E-state index contributed by atoms with van der Waals surface area (Å²) in [5.41, 5.74) is 0.567. The maximum Gasteiger partial charge on any atom is 0.244 e. The van der Waals surface area contributed by atoms with Gasteiger partial charge in [0.25, 0.3) is 0 Å². The molecule has 7 nitrogen and oxygen atoms in total. The van der Waals surface area contributed by atoms with Crippen LogP contribution in [0.15, 0.2) is 36.4 Å². The zero-order valence-corrected chi connectivity index (χ0v) is 23.6. The van der Waals surface area contributed by atoms with Crippen LogP contribution in [0, 0.1) is 5.82 Å². The maximum atomic E-state index is 13.7. The molecule has 0 radical (unpaired) electrons. The lowest BCUT2D eigenvalue weighted by Gasteiger charge is -2.33. The molecule has 1 atom stereocenters. The van der Waals surface area contributed by atoms with Gasteiger partial charge in [-0.15, -0.1) is 0 Å². The largest absolute Gasteiger partial charge is 0.352 e. The van der Waals surface area contributed by atoms with Gasteiger partial charge in [0.05, 0.1) is 17.0 Å². The summed E-state index contributed by atoms with van der Waals surface area (Å²) < 4.78 is 39.8. The highest BCUT2D eigenvalue weighted by atomic mass is 35.5. The number of amides is 2. The van der Waals surface area contributed by atoms with Crippen LogP contribution < -0.4 is 9.62 Å². The molecule has 0 aromatic heterocycles. The van der Waals surface area contributed by atoms with E-state index in [2.05, 4.69) is 5.32 Å². The average molecular weight is 593 g/mol. The molecule has 0 bridgehead atoms. The summed E-state index contributed by atoms with van der Waals surface area (Å²) in [6.07, 6.45) is 5.00. The van der Waals surface area contributed by atoms with Crippen molar-refractivity contribution in [1.82, 2.24) is 10.2 Å². The zero-order chi connectivity index (χ0) is 27.3. The summed E-state index contributed by atoms with van der Waals surface area (Å²) in [6, 6.07) is 7.34. The van der Waals surface area contributed by atoms with Crippen molar-refractivity contribution in [2.75, 3.05) is 17.1 Å². The quantitative estimate of drug-likeness (QED) is 0.399. The number of hydrogen-bond donors (Lipinski definition) is 1. The molecule has 202 valence electrons. The number of anilines is 1. The molecule has 0 heterocycles. The van der Waals surface area contributed by atoms with Crippen LogP contribution in [0.2, 0.25) is 15.1 Å². The molecular formula is C25H29Cl3FN3O4S.